The Hall–Kier alpha value is -2.86. The second kappa shape index (κ2) is 9.09. The molecule has 2 aromatic carbocycles. The molecule has 6 nitrogen and oxygen atoms in total. The van der Waals surface area contributed by atoms with E-state index in [0.717, 1.165) is 0 Å². The molecular weight excluding hydrogens is 368 g/mol. The summed E-state index contributed by atoms with van der Waals surface area (Å²) in [4.78, 5) is 23.4. The second-order valence-corrected chi connectivity index (χ2v) is 7.79. The van der Waals surface area contributed by atoms with Gasteiger partial charge in [0.15, 0.2) is 0 Å². The molecule has 0 saturated heterocycles. The highest BCUT2D eigenvalue weighted by molar-refractivity contribution is 5.79. The number of hydrogen-bond acceptors (Lipinski definition) is 4. The van der Waals surface area contributed by atoms with E-state index >= 15 is 0 Å². The fraction of sp³-hybridized carbons (Fsp3) is 0.391. The molecule has 0 unspecified atom stereocenters. The highest BCUT2D eigenvalue weighted by atomic mass is 16.5. The molecule has 0 heterocycles. The highest BCUT2D eigenvalue weighted by Crippen LogP contribution is 2.44. The van der Waals surface area contributed by atoms with E-state index in [-0.39, 0.29) is 24.5 Å². The molecule has 1 aliphatic rings. The van der Waals surface area contributed by atoms with Gasteiger partial charge in [-0.3, -0.25) is 4.79 Å². The Labute approximate surface area is 171 Å². The van der Waals surface area contributed by atoms with Crippen LogP contribution in [0.3, 0.4) is 0 Å². The van der Waals surface area contributed by atoms with E-state index < -0.39 is 18.1 Å². The molecule has 0 spiro atoms. The summed E-state index contributed by atoms with van der Waals surface area (Å²) in [5.41, 5.74) is 4.70. The summed E-state index contributed by atoms with van der Waals surface area (Å²) in [6.45, 7) is 6.13. The van der Waals surface area contributed by atoms with E-state index in [4.69, 9.17) is 9.84 Å². The van der Waals surface area contributed by atoms with Crippen molar-refractivity contribution in [2.24, 2.45) is 5.92 Å². The minimum absolute atomic E-state index is 0.0100. The van der Waals surface area contributed by atoms with Crippen molar-refractivity contribution >= 4 is 12.1 Å². The number of carbonyl (C=O) groups excluding carboxylic acids is 1. The quantitative estimate of drug-likeness (QED) is 0.634. The molecule has 0 aliphatic heterocycles. The molecule has 29 heavy (non-hydrogen) atoms. The lowest BCUT2D eigenvalue weighted by Gasteiger charge is -2.24. The van der Waals surface area contributed by atoms with Crippen molar-refractivity contribution in [2.75, 3.05) is 13.2 Å². The summed E-state index contributed by atoms with van der Waals surface area (Å²) in [5, 5.41) is 14.8. The third-order valence-electron chi connectivity index (χ3n) is 5.47. The average Bonchev–Trinajstić information content (AvgIpc) is 3.03. The molecule has 3 rings (SSSR count). The van der Waals surface area contributed by atoms with Gasteiger partial charge in [0, 0.05) is 18.5 Å². The number of ether oxygens (including phenoxy) is 1. The summed E-state index contributed by atoms with van der Waals surface area (Å²) < 4.78 is 5.58. The fourth-order valence-electron chi connectivity index (χ4n) is 3.64. The van der Waals surface area contributed by atoms with E-state index in [1.807, 2.05) is 38.1 Å². The maximum atomic E-state index is 12.4. The minimum Gasteiger partial charge on any atom is -0.480 e. The molecule has 0 radical (unpaired) electrons. The standard InChI is InChI=1S/C23H28N2O4/c1-14(2)21(12-24-15(3)22(26)27)25-23(28)29-13-20-18-10-6-4-8-16(18)17-9-5-7-11-19(17)20/h4-11,14-15,20-21,24H,12-13H2,1-3H3,(H,25,28)(H,26,27)/t15-,21+/m1/s1. The van der Waals surface area contributed by atoms with Crippen molar-refractivity contribution in [1.29, 1.82) is 0 Å². The molecule has 154 valence electrons. The Balaban J connectivity index is 1.62. The molecule has 2 aromatic rings. The summed E-state index contributed by atoms with van der Waals surface area (Å²) in [5.74, 6) is -0.784. The van der Waals surface area contributed by atoms with Crippen LogP contribution in [0.5, 0.6) is 0 Å². The number of hydrogen-bond donors (Lipinski definition) is 3. The zero-order valence-corrected chi connectivity index (χ0v) is 17.0. The Morgan fingerprint density at radius 1 is 1.00 bits per heavy atom. The lowest BCUT2D eigenvalue weighted by atomic mass is 9.98. The zero-order chi connectivity index (χ0) is 21.0. The first kappa shape index (κ1) is 20.9. The number of rotatable bonds is 8. The van der Waals surface area contributed by atoms with Crippen LogP contribution < -0.4 is 10.6 Å². The van der Waals surface area contributed by atoms with Gasteiger partial charge in [0.05, 0.1) is 0 Å². The van der Waals surface area contributed by atoms with E-state index in [0.29, 0.717) is 6.54 Å². The van der Waals surface area contributed by atoms with Gasteiger partial charge in [0.1, 0.15) is 12.6 Å². The van der Waals surface area contributed by atoms with Crippen LogP contribution in [0.15, 0.2) is 48.5 Å². The smallest absolute Gasteiger partial charge is 0.407 e. The van der Waals surface area contributed by atoms with Crippen LogP contribution in [0.4, 0.5) is 4.79 Å². The maximum absolute atomic E-state index is 12.4. The molecule has 0 bridgehead atoms. The van der Waals surface area contributed by atoms with Gasteiger partial charge in [-0.25, -0.2) is 4.79 Å². The largest absolute Gasteiger partial charge is 0.480 e. The lowest BCUT2D eigenvalue weighted by Crippen LogP contribution is -2.48. The Morgan fingerprint density at radius 2 is 1.55 bits per heavy atom. The van der Waals surface area contributed by atoms with Crippen LogP contribution >= 0.6 is 0 Å². The molecule has 6 heteroatoms. The third kappa shape index (κ3) is 4.77. The van der Waals surface area contributed by atoms with Gasteiger partial charge in [-0.1, -0.05) is 62.4 Å². The number of carboxylic acid groups (broad SMARTS) is 1. The number of amides is 1. The van der Waals surface area contributed by atoms with Crippen LogP contribution in [0.1, 0.15) is 37.8 Å². The van der Waals surface area contributed by atoms with Crippen LogP contribution in [-0.4, -0.2) is 42.4 Å². The fourth-order valence-corrected chi connectivity index (χ4v) is 3.64. The van der Waals surface area contributed by atoms with Crippen LogP contribution in [-0.2, 0) is 9.53 Å². The predicted octanol–water partition coefficient (Wildman–Crippen LogP) is 3.61. The summed E-state index contributed by atoms with van der Waals surface area (Å²) in [6.07, 6.45) is -0.490. The van der Waals surface area contributed by atoms with Crippen LogP contribution in [0.25, 0.3) is 11.1 Å². The number of benzene rings is 2. The van der Waals surface area contributed by atoms with Gasteiger partial charge in [-0.2, -0.15) is 0 Å². The van der Waals surface area contributed by atoms with Crippen molar-refractivity contribution in [1.82, 2.24) is 10.6 Å². The monoisotopic (exact) mass is 396 g/mol. The summed E-state index contributed by atoms with van der Waals surface area (Å²) >= 11 is 0. The van der Waals surface area contributed by atoms with Crippen molar-refractivity contribution < 1.29 is 19.4 Å². The molecule has 0 aromatic heterocycles. The van der Waals surface area contributed by atoms with Gasteiger partial charge in [0.25, 0.3) is 0 Å². The number of fused-ring (bicyclic) bond motifs is 3. The number of carbonyl (C=O) groups is 2. The lowest BCUT2D eigenvalue weighted by molar-refractivity contribution is -0.139. The summed E-state index contributed by atoms with van der Waals surface area (Å²) in [6, 6.07) is 15.5. The molecule has 3 N–H and O–H groups in total. The molecule has 0 saturated carbocycles. The maximum Gasteiger partial charge on any atom is 0.407 e. The molecule has 1 aliphatic carbocycles. The van der Waals surface area contributed by atoms with Crippen LogP contribution in [0, 0.1) is 5.92 Å². The Morgan fingerprint density at radius 3 is 2.07 bits per heavy atom. The first-order valence-corrected chi connectivity index (χ1v) is 9.96. The number of alkyl carbamates (subject to hydrolysis) is 1. The van der Waals surface area contributed by atoms with Crippen molar-refractivity contribution in [3.05, 3.63) is 59.7 Å². The van der Waals surface area contributed by atoms with Gasteiger partial charge >= 0.3 is 12.1 Å². The topological polar surface area (TPSA) is 87.7 Å². The summed E-state index contributed by atoms with van der Waals surface area (Å²) in [7, 11) is 0. The van der Waals surface area contributed by atoms with Crippen molar-refractivity contribution in [3.8, 4) is 11.1 Å². The van der Waals surface area contributed by atoms with E-state index in [9.17, 15) is 9.59 Å². The first-order chi connectivity index (χ1) is 13.9. The normalized spacial score (nSPS) is 14.8. The minimum atomic E-state index is -0.923. The highest BCUT2D eigenvalue weighted by Gasteiger charge is 2.29. The molecule has 2 atom stereocenters. The second-order valence-electron chi connectivity index (χ2n) is 7.79. The molecule has 0 fully saturated rings. The predicted molar refractivity (Wildman–Crippen MR) is 112 cm³/mol. The van der Waals surface area contributed by atoms with Crippen molar-refractivity contribution in [2.45, 2.75) is 38.8 Å². The molecular formula is C23H28N2O4. The first-order valence-electron chi connectivity index (χ1n) is 9.96. The average molecular weight is 396 g/mol. The Kier molecular flexibility index (Phi) is 6.54. The zero-order valence-electron chi connectivity index (χ0n) is 17.0. The van der Waals surface area contributed by atoms with Gasteiger partial charge < -0.3 is 20.5 Å². The molecule has 1 amide bonds. The van der Waals surface area contributed by atoms with Gasteiger partial charge in [0.2, 0.25) is 0 Å². The number of nitrogens with one attached hydrogen (secondary N) is 2. The third-order valence-corrected chi connectivity index (χ3v) is 5.47. The van der Waals surface area contributed by atoms with Crippen molar-refractivity contribution in [3.63, 3.8) is 0 Å². The SMILES string of the molecule is CC(C)[C@H](CN[C@H](C)C(=O)O)NC(=O)OCC1c2ccccc2-c2ccccc21. The van der Waals surface area contributed by atoms with E-state index in [1.54, 1.807) is 6.92 Å². The Bertz CT molecular complexity index is 835. The van der Waals surface area contributed by atoms with E-state index in [1.165, 1.54) is 22.3 Å². The van der Waals surface area contributed by atoms with Crippen LogP contribution in [0.2, 0.25) is 0 Å². The van der Waals surface area contributed by atoms with Gasteiger partial charge in [-0.15, -0.1) is 0 Å². The number of carboxylic acids is 1. The number of aliphatic carboxylic acids is 1. The van der Waals surface area contributed by atoms with E-state index in [2.05, 4.69) is 34.9 Å². The van der Waals surface area contributed by atoms with Gasteiger partial charge in [-0.05, 0) is 35.1 Å².